The summed E-state index contributed by atoms with van der Waals surface area (Å²) in [5, 5.41) is 12.8. The smallest absolute Gasteiger partial charge is 0.317 e. The monoisotopic (exact) mass is 978 g/mol. The Morgan fingerprint density at radius 1 is 0.514 bits per heavy atom. The van der Waals surface area contributed by atoms with Crippen LogP contribution in [0, 0.1) is 35.5 Å². The minimum atomic E-state index is 0. The van der Waals surface area contributed by atoms with E-state index in [0.717, 1.165) is 114 Å². The Labute approximate surface area is 416 Å². The molecule has 9 atom stereocenters. The number of nitrogens with zero attached hydrogens (tertiary/aromatic N) is 11. The third-order valence-corrected chi connectivity index (χ3v) is 16.1. The first-order valence-electron chi connectivity index (χ1n) is 25.2. The van der Waals surface area contributed by atoms with Gasteiger partial charge in [-0.1, -0.05) is 0 Å². The van der Waals surface area contributed by atoms with E-state index < -0.39 is 0 Å². The van der Waals surface area contributed by atoms with Crippen LogP contribution < -0.4 is 30.7 Å². The number of carbonyl (C=O) groups is 2. The molecule has 6 fully saturated rings. The summed E-state index contributed by atoms with van der Waals surface area (Å²) >= 11 is 0. The molecule has 6 N–H and O–H groups in total. The van der Waals surface area contributed by atoms with Gasteiger partial charge >= 0.3 is 12.1 Å². The Balaban J connectivity index is 0.000000131. The van der Waals surface area contributed by atoms with Crippen molar-refractivity contribution in [3.05, 3.63) is 55.8 Å². The van der Waals surface area contributed by atoms with E-state index in [1.807, 2.05) is 68.2 Å². The van der Waals surface area contributed by atoms with Crippen LogP contribution in [0.15, 0.2) is 55.8 Å². The van der Waals surface area contributed by atoms with Gasteiger partial charge < -0.3 is 55.4 Å². The van der Waals surface area contributed by atoms with Crippen LogP contribution in [-0.2, 0) is 0 Å². The molecule has 6 aromatic heterocycles. The molecule has 20 heteroatoms. The van der Waals surface area contributed by atoms with Gasteiger partial charge in [0.15, 0.2) is 0 Å². The number of anilines is 3. The zero-order valence-corrected chi connectivity index (χ0v) is 42.5. The van der Waals surface area contributed by atoms with Gasteiger partial charge in [-0.3, -0.25) is 0 Å². The Kier molecular flexibility index (Phi) is 14.6. The zero-order valence-electron chi connectivity index (χ0n) is 41.7. The van der Waals surface area contributed by atoms with Crippen LogP contribution in [0.4, 0.5) is 27.0 Å². The number of likely N-dealkylation sites (tertiary alicyclic amines) is 2. The van der Waals surface area contributed by atoms with Crippen molar-refractivity contribution < 1.29 is 9.59 Å². The van der Waals surface area contributed by atoms with E-state index in [1.54, 1.807) is 19.0 Å². The molecule has 70 heavy (non-hydrogen) atoms. The number of carbonyl (C=O) groups excluding carboxylic acids is 2. The van der Waals surface area contributed by atoms with Gasteiger partial charge in [0.05, 0.1) is 16.2 Å². The van der Waals surface area contributed by atoms with Crippen LogP contribution >= 0.6 is 12.4 Å². The minimum absolute atomic E-state index is 0. The first-order valence-corrected chi connectivity index (χ1v) is 25.2. The molecule has 0 spiro atoms. The number of urea groups is 2. The van der Waals surface area contributed by atoms with E-state index in [0.29, 0.717) is 41.8 Å². The Bertz CT molecular complexity index is 2550. The lowest BCUT2D eigenvalue weighted by Gasteiger charge is -2.28. The first-order chi connectivity index (χ1) is 33.4. The van der Waals surface area contributed by atoms with Crippen LogP contribution in [0.5, 0.6) is 0 Å². The number of amides is 4. The highest BCUT2D eigenvalue weighted by atomic mass is 35.5. The molecule has 19 nitrogen and oxygen atoms in total. The highest BCUT2D eigenvalue weighted by Gasteiger charge is 2.45. The fourth-order valence-corrected chi connectivity index (χ4v) is 12.6. The number of rotatable bonds is 8. The summed E-state index contributed by atoms with van der Waals surface area (Å²) in [6.07, 6.45) is 17.7. The molecule has 0 bridgehead atoms. The van der Waals surface area contributed by atoms with Gasteiger partial charge in [-0.05, 0) is 133 Å². The van der Waals surface area contributed by atoms with Crippen molar-refractivity contribution in [2.75, 3.05) is 75.1 Å². The molecule has 376 valence electrons. The normalized spacial score (nSPS) is 26.4. The van der Waals surface area contributed by atoms with Crippen molar-refractivity contribution in [2.45, 2.75) is 96.4 Å². The van der Waals surface area contributed by atoms with Gasteiger partial charge in [0.1, 0.15) is 53.4 Å². The van der Waals surface area contributed by atoms with E-state index in [-0.39, 0.29) is 36.6 Å². The molecule has 3 saturated carbocycles. The summed E-state index contributed by atoms with van der Waals surface area (Å²) < 4.78 is 0. The third kappa shape index (κ3) is 10.0. The summed E-state index contributed by atoms with van der Waals surface area (Å²) in [5.41, 5.74) is 2.69. The van der Waals surface area contributed by atoms with Crippen LogP contribution in [0.3, 0.4) is 0 Å². The van der Waals surface area contributed by atoms with Gasteiger partial charge in [-0.15, -0.1) is 12.4 Å². The molecule has 3 saturated heterocycles. The fourth-order valence-electron chi connectivity index (χ4n) is 12.6. The molecule has 0 radical (unpaired) electrons. The van der Waals surface area contributed by atoms with Gasteiger partial charge in [0, 0.05) is 96.1 Å². The number of hydrogen-bond acceptors (Lipinski definition) is 12. The maximum absolute atomic E-state index is 12.2. The van der Waals surface area contributed by atoms with E-state index >= 15 is 0 Å². The predicted octanol–water partition coefficient (Wildman–Crippen LogP) is 6.26. The van der Waals surface area contributed by atoms with E-state index in [9.17, 15) is 9.59 Å². The third-order valence-electron chi connectivity index (χ3n) is 16.1. The van der Waals surface area contributed by atoms with Crippen molar-refractivity contribution in [3.8, 4) is 0 Å². The highest BCUT2D eigenvalue weighted by Crippen LogP contribution is 2.43. The number of hydrogen-bond donors (Lipinski definition) is 6. The zero-order chi connectivity index (χ0) is 47.9. The van der Waals surface area contributed by atoms with Crippen molar-refractivity contribution >= 4 is 75.0 Å². The summed E-state index contributed by atoms with van der Waals surface area (Å²) in [6, 6.07) is 8.24. The molecular weight excluding hydrogens is 906 g/mol. The largest absolute Gasteiger partial charge is 0.356 e. The maximum atomic E-state index is 12.2. The molecule has 9 heterocycles. The molecule has 3 aliphatic heterocycles. The number of nitrogens with one attached hydrogen (secondary N) is 6. The quantitative estimate of drug-likeness (QED) is 0.0999. The summed E-state index contributed by atoms with van der Waals surface area (Å²) in [4.78, 5) is 71.2. The SMILES string of the molecule is CC(C)NC(=O)N1C[C@H]2CC(N(C)c3ncnc4[nH]ccc34)C[C@H]2C1.CC(C)NC(=O)N1C[C@H]2CC(N(C)c3ncnc4[nH]ccc34)C[C@H]2C1.CN(c1ncnc2[nH]ccc12)C1C[C@H]2CNC[C@H]2C1.Cl. The van der Waals surface area contributed by atoms with Gasteiger partial charge in [-0.2, -0.15) is 0 Å². The van der Waals surface area contributed by atoms with Crippen molar-refractivity contribution in [2.24, 2.45) is 35.5 Å². The van der Waals surface area contributed by atoms with Crippen molar-refractivity contribution in [3.63, 3.8) is 0 Å². The van der Waals surface area contributed by atoms with E-state index in [4.69, 9.17) is 0 Å². The molecule has 6 aliphatic rings. The second-order valence-corrected chi connectivity index (χ2v) is 21.3. The number of H-pyrrole nitrogens is 3. The average molecular weight is 979 g/mol. The second kappa shape index (κ2) is 20.8. The Morgan fingerprint density at radius 2 is 0.814 bits per heavy atom. The molecule has 3 aliphatic carbocycles. The summed E-state index contributed by atoms with van der Waals surface area (Å²) in [5.74, 6) is 7.12. The lowest BCUT2D eigenvalue weighted by Crippen LogP contribution is -2.42. The van der Waals surface area contributed by atoms with Crippen LogP contribution in [0.25, 0.3) is 33.1 Å². The standard InChI is InChI=1S/2C18H26N6O.C14H19N5.ClH/c2*1-11(2)22-18(25)24-8-12-6-14(7-13(12)9-24)23(3)17-15-4-5-19-16(15)20-10-21-17;1-19(11-4-9-6-15-7-10(9)5-11)14-12-2-3-16-13(12)17-8-18-14;/h2*4-5,10-14H,6-9H2,1-3H3,(H,22,25)(H,19,20,21);2-3,8-11,15H,4-7H2,1H3,(H,16,17,18);1H/t2*12-,13+,14?;9-,10+,11?;. The number of aromatic nitrogens is 9. The molecule has 3 unspecified atom stereocenters. The molecule has 6 aromatic rings. The second-order valence-electron chi connectivity index (χ2n) is 21.3. The number of halogens is 1. The molecule has 12 rings (SSSR count). The lowest BCUT2D eigenvalue weighted by atomic mass is 10.0. The average Bonchev–Trinajstić information content (AvgIpc) is 4.17. The van der Waals surface area contributed by atoms with Crippen molar-refractivity contribution in [1.82, 2.24) is 70.6 Å². The van der Waals surface area contributed by atoms with Crippen molar-refractivity contribution in [1.29, 1.82) is 0 Å². The Morgan fingerprint density at radius 3 is 1.11 bits per heavy atom. The van der Waals surface area contributed by atoms with Gasteiger partial charge in [0.2, 0.25) is 0 Å². The fraction of sp³-hybridized carbons (Fsp3) is 0.600. The molecular formula is C50H72ClN17O2. The Hall–Kier alpha value is -5.95. The van der Waals surface area contributed by atoms with Crippen LogP contribution in [0.2, 0.25) is 0 Å². The van der Waals surface area contributed by atoms with Gasteiger partial charge in [-0.25, -0.2) is 39.5 Å². The topological polar surface area (TPSA) is 211 Å². The number of fused-ring (bicyclic) bond motifs is 6. The summed E-state index contributed by atoms with van der Waals surface area (Å²) in [7, 11) is 6.43. The minimum Gasteiger partial charge on any atom is -0.356 e. The molecule has 0 aromatic carbocycles. The maximum Gasteiger partial charge on any atom is 0.317 e. The van der Waals surface area contributed by atoms with Gasteiger partial charge in [0.25, 0.3) is 0 Å². The lowest BCUT2D eigenvalue weighted by molar-refractivity contribution is 0.201. The number of aromatic amines is 3. The van der Waals surface area contributed by atoms with E-state index in [2.05, 4.69) is 103 Å². The first kappa shape index (κ1) is 49.0. The van der Waals surface area contributed by atoms with E-state index in [1.165, 1.54) is 25.9 Å². The predicted molar refractivity (Wildman–Crippen MR) is 277 cm³/mol. The highest BCUT2D eigenvalue weighted by molar-refractivity contribution is 5.89. The molecule has 4 amide bonds. The summed E-state index contributed by atoms with van der Waals surface area (Å²) in [6.45, 7) is 13.9. The van der Waals surface area contributed by atoms with Crippen LogP contribution in [0.1, 0.15) is 66.2 Å². The van der Waals surface area contributed by atoms with Crippen LogP contribution in [-0.4, -0.2) is 157 Å².